The first kappa shape index (κ1) is 12.9. The Bertz CT molecular complexity index is 164. The molecule has 1 saturated heterocycles. The van der Waals surface area contributed by atoms with E-state index in [-0.39, 0.29) is 0 Å². The van der Waals surface area contributed by atoms with Gasteiger partial charge in [0.15, 0.2) is 0 Å². The van der Waals surface area contributed by atoms with Crippen LogP contribution in [0.5, 0.6) is 0 Å². The number of likely N-dealkylation sites (tertiary alicyclic amines) is 1. The molecule has 1 atom stereocenters. The van der Waals surface area contributed by atoms with E-state index in [4.69, 9.17) is 5.73 Å². The van der Waals surface area contributed by atoms with E-state index in [1.807, 2.05) is 0 Å². The molecule has 0 amide bonds. The first-order valence-corrected chi connectivity index (χ1v) is 6.30. The number of hydrogen-bond acceptors (Lipinski definition) is 3. The highest BCUT2D eigenvalue weighted by Gasteiger charge is 2.21. The Morgan fingerprint density at radius 2 is 2.00 bits per heavy atom. The molecule has 0 aromatic rings. The van der Waals surface area contributed by atoms with Gasteiger partial charge in [-0.15, -0.1) is 0 Å². The fourth-order valence-electron chi connectivity index (χ4n) is 2.39. The maximum atomic E-state index is 5.66. The Kier molecular flexibility index (Phi) is 5.58. The topological polar surface area (TPSA) is 32.5 Å². The van der Waals surface area contributed by atoms with Crippen LogP contribution in [0.25, 0.3) is 0 Å². The molecule has 1 rings (SSSR count). The lowest BCUT2D eigenvalue weighted by molar-refractivity contribution is 0.121. The van der Waals surface area contributed by atoms with Gasteiger partial charge in [-0.3, -0.25) is 0 Å². The number of piperidine rings is 1. The van der Waals surface area contributed by atoms with Gasteiger partial charge in [-0.2, -0.15) is 0 Å². The molecule has 0 bridgehead atoms. The van der Waals surface area contributed by atoms with Gasteiger partial charge < -0.3 is 15.5 Å². The van der Waals surface area contributed by atoms with Crippen LogP contribution in [0.1, 0.15) is 26.7 Å². The van der Waals surface area contributed by atoms with Gasteiger partial charge in [0, 0.05) is 12.6 Å². The number of nitrogens with zero attached hydrogens (tertiary/aromatic N) is 2. The molecule has 1 aliphatic heterocycles. The second-order valence-electron chi connectivity index (χ2n) is 4.95. The molecule has 1 unspecified atom stereocenters. The van der Waals surface area contributed by atoms with E-state index in [1.54, 1.807) is 0 Å². The third kappa shape index (κ3) is 4.09. The monoisotopic (exact) mass is 213 g/mol. The molecule has 3 heteroatoms. The van der Waals surface area contributed by atoms with Crippen LogP contribution in [0, 0.1) is 5.92 Å². The van der Waals surface area contributed by atoms with E-state index in [9.17, 15) is 0 Å². The second-order valence-corrected chi connectivity index (χ2v) is 4.95. The van der Waals surface area contributed by atoms with Gasteiger partial charge >= 0.3 is 0 Å². The number of nitrogens with two attached hydrogens (primary N) is 1. The molecule has 1 heterocycles. The van der Waals surface area contributed by atoms with Crippen molar-refractivity contribution in [2.24, 2.45) is 11.7 Å². The molecule has 15 heavy (non-hydrogen) atoms. The number of hydrogen-bond donors (Lipinski definition) is 1. The summed E-state index contributed by atoms with van der Waals surface area (Å²) in [5.74, 6) is 0.624. The van der Waals surface area contributed by atoms with E-state index < -0.39 is 0 Å². The van der Waals surface area contributed by atoms with Crippen molar-refractivity contribution < 1.29 is 0 Å². The molecule has 0 radical (unpaired) electrons. The highest BCUT2D eigenvalue weighted by molar-refractivity contribution is 4.78. The summed E-state index contributed by atoms with van der Waals surface area (Å²) in [4.78, 5) is 5.04. The molecule has 0 aromatic carbocycles. The summed E-state index contributed by atoms with van der Waals surface area (Å²) >= 11 is 0. The van der Waals surface area contributed by atoms with Crippen molar-refractivity contribution >= 4 is 0 Å². The average molecular weight is 213 g/mol. The van der Waals surface area contributed by atoms with Crippen LogP contribution >= 0.6 is 0 Å². The lowest BCUT2D eigenvalue weighted by Gasteiger charge is -2.37. The molecule has 0 aliphatic carbocycles. The summed E-state index contributed by atoms with van der Waals surface area (Å²) in [6.45, 7) is 10.2. The van der Waals surface area contributed by atoms with Gasteiger partial charge in [-0.05, 0) is 52.0 Å². The maximum absolute atomic E-state index is 5.66. The van der Waals surface area contributed by atoms with Crippen LogP contribution in [0.4, 0.5) is 0 Å². The smallest absolute Gasteiger partial charge is 0.0117 e. The molecule has 0 aromatic heterocycles. The quantitative estimate of drug-likeness (QED) is 0.739. The Morgan fingerprint density at radius 1 is 1.40 bits per heavy atom. The van der Waals surface area contributed by atoms with E-state index >= 15 is 0 Å². The Hall–Kier alpha value is -0.120. The van der Waals surface area contributed by atoms with Crippen LogP contribution < -0.4 is 5.73 Å². The first-order valence-electron chi connectivity index (χ1n) is 6.30. The largest absolute Gasteiger partial charge is 0.330 e. The molecule has 1 aliphatic rings. The predicted octanol–water partition coefficient (Wildman–Crippen LogP) is 0.997. The van der Waals surface area contributed by atoms with E-state index in [2.05, 4.69) is 30.7 Å². The standard InChI is InChI=1S/C12H27N3/c1-4-15-7-5-12(6-8-15)14(3)10-11(2)9-13/h11-12H,4-10,13H2,1-3H3. The third-order valence-electron chi connectivity index (χ3n) is 3.63. The van der Waals surface area contributed by atoms with E-state index in [0.717, 1.165) is 19.1 Å². The van der Waals surface area contributed by atoms with Crippen molar-refractivity contribution in [2.45, 2.75) is 32.7 Å². The van der Waals surface area contributed by atoms with E-state index in [0.29, 0.717) is 5.92 Å². The van der Waals surface area contributed by atoms with Gasteiger partial charge in [0.1, 0.15) is 0 Å². The minimum absolute atomic E-state index is 0.624. The highest BCUT2D eigenvalue weighted by Crippen LogP contribution is 2.15. The Balaban J connectivity index is 2.26. The SMILES string of the molecule is CCN1CCC(N(C)CC(C)CN)CC1. The second kappa shape index (κ2) is 6.46. The van der Waals surface area contributed by atoms with Gasteiger partial charge in [-0.25, -0.2) is 0 Å². The normalized spacial score (nSPS) is 22.2. The van der Waals surface area contributed by atoms with Crippen molar-refractivity contribution in [3.8, 4) is 0 Å². The highest BCUT2D eigenvalue weighted by atomic mass is 15.2. The first-order chi connectivity index (χ1) is 7.17. The zero-order valence-electron chi connectivity index (χ0n) is 10.6. The fourth-order valence-corrected chi connectivity index (χ4v) is 2.39. The van der Waals surface area contributed by atoms with Crippen molar-refractivity contribution in [2.75, 3.05) is 39.8 Å². The minimum Gasteiger partial charge on any atom is -0.330 e. The predicted molar refractivity (Wildman–Crippen MR) is 66.0 cm³/mol. The summed E-state index contributed by atoms with van der Waals surface area (Å²) in [5, 5.41) is 0. The molecule has 90 valence electrons. The van der Waals surface area contributed by atoms with E-state index in [1.165, 1.54) is 32.5 Å². The molecule has 0 spiro atoms. The minimum atomic E-state index is 0.624. The molecule has 1 fully saturated rings. The van der Waals surface area contributed by atoms with Gasteiger partial charge in [0.25, 0.3) is 0 Å². The summed E-state index contributed by atoms with van der Waals surface area (Å²) < 4.78 is 0. The van der Waals surface area contributed by atoms with Crippen molar-refractivity contribution in [3.63, 3.8) is 0 Å². The summed E-state index contributed by atoms with van der Waals surface area (Å²) in [6.07, 6.45) is 2.64. The van der Waals surface area contributed by atoms with Gasteiger partial charge in [0.2, 0.25) is 0 Å². The summed E-state index contributed by atoms with van der Waals surface area (Å²) in [6, 6.07) is 0.779. The van der Waals surface area contributed by atoms with Gasteiger partial charge in [0.05, 0.1) is 0 Å². The maximum Gasteiger partial charge on any atom is 0.0117 e. The number of rotatable bonds is 5. The zero-order chi connectivity index (χ0) is 11.3. The lowest BCUT2D eigenvalue weighted by Crippen LogP contribution is -2.45. The van der Waals surface area contributed by atoms with Crippen LogP contribution in [0.2, 0.25) is 0 Å². The van der Waals surface area contributed by atoms with Crippen LogP contribution in [-0.4, -0.2) is 55.6 Å². The van der Waals surface area contributed by atoms with Crippen LogP contribution in [0.15, 0.2) is 0 Å². The Labute approximate surface area is 94.6 Å². The Morgan fingerprint density at radius 3 is 2.47 bits per heavy atom. The molecular formula is C12H27N3. The molecule has 3 nitrogen and oxygen atoms in total. The summed E-state index contributed by atoms with van der Waals surface area (Å²) in [7, 11) is 2.25. The van der Waals surface area contributed by atoms with Crippen LogP contribution in [-0.2, 0) is 0 Å². The molecule has 2 N–H and O–H groups in total. The average Bonchev–Trinajstić information content (AvgIpc) is 2.29. The van der Waals surface area contributed by atoms with Gasteiger partial charge in [-0.1, -0.05) is 13.8 Å². The fraction of sp³-hybridized carbons (Fsp3) is 1.00. The lowest BCUT2D eigenvalue weighted by atomic mass is 10.0. The zero-order valence-corrected chi connectivity index (χ0v) is 10.6. The van der Waals surface area contributed by atoms with Crippen LogP contribution in [0.3, 0.4) is 0 Å². The summed E-state index contributed by atoms with van der Waals surface area (Å²) in [5.41, 5.74) is 5.66. The molecular weight excluding hydrogens is 186 g/mol. The third-order valence-corrected chi connectivity index (χ3v) is 3.63. The van der Waals surface area contributed by atoms with Crippen molar-refractivity contribution in [1.29, 1.82) is 0 Å². The molecule has 0 saturated carbocycles. The van der Waals surface area contributed by atoms with Crippen molar-refractivity contribution in [3.05, 3.63) is 0 Å². The van der Waals surface area contributed by atoms with Crippen molar-refractivity contribution in [1.82, 2.24) is 9.80 Å².